The van der Waals surface area contributed by atoms with E-state index in [1.54, 1.807) is 48.5 Å². The molecule has 0 aromatic heterocycles. The van der Waals surface area contributed by atoms with Crippen molar-refractivity contribution in [3.8, 4) is 0 Å². The fourth-order valence-electron chi connectivity index (χ4n) is 2.24. The molecule has 0 saturated carbocycles. The molecule has 0 aliphatic heterocycles. The summed E-state index contributed by atoms with van der Waals surface area (Å²) in [4.78, 5) is 0. The molecule has 0 aliphatic carbocycles. The lowest BCUT2D eigenvalue weighted by molar-refractivity contribution is 0.119. The largest absolute Gasteiger partial charge is 0.399 e. The fourth-order valence-corrected chi connectivity index (χ4v) is 2.91. The smallest absolute Gasteiger partial charge is 0.388 e. The van der Waals surface area contributed by atoms with Crippen LogP contribution >= 0.6 is 0 Å². The minimum atomic E-state index is -4.16. The van der Waals surface area contributed by atoms with Gasteiger partial charge in [0.05, 0.1) is 25.4 Å². The van der Waals surface area contributed by atoms with E-state index in [1.807, 2.05) is 12.1 Å². The van der Waals surface area contributed by atoms with Crippen LogP contribution in [0.15, 0.2) is 60.7 Å². The fraction of sp³-hybridized carbons (Fsp3) is 0.333. The second-order valence-corrected chi connectivity index (χ2v) is 6.77. The zero-order valence-corrected chi connectivity index (χ0v) is 14.5. The van der Waals surface area contributed by atoms with Crippen molar-refractivity contribution in [3.63, 3.8) is 0 Å². The van der Waals surface area contributed by atoms with Crippen molar-refractivity contribution >= 4 is 10.4 Å². The maximum atomic E-state index is 11.7. The van der Waals surface area contributed by atoms with Crippen molar-refractivity contribution in [1.29, 1.82) is 0 Å². The standard InChI is InChI=1S/C18H22O6S/c19-17(15-7-3-1-4-8-15)11-13-23-25(21,22)24-14-12-18(20)16-9-5-2-6-10-16/h1-10,17-20H,11-14H2. The summed E-state index contributed by atoms with van der Waals surface area (Å²) >= 11 is 0. The van der Waals surface area contributed by atoms with Gasteiger partial charge in [-0.1, -0.05) is 60.7 Å². The zero-order chi connectivity index (χ0) is 18.1. The van der Waals surface area contributed by atoms with E-state index >= 15 is 0 Å². The minimum Gasteiger partial charge on any atom is -0.388 e. The van der Waals surface area contributed by atoms with Crippen LogP contribution in [0.25, 0.3) is 0 Å². The van der Waals surface area contributed by atoms with Crippen molar-refractivity contribution in [2.45, 2.75) is 25.0 Å². The lowest BCUT2D eigenvalue weighted by Crippen LogP contribution is -2.14. The molecule has 6 nitrogen and oxygen atoms in total. The Labute approximate surface area is 148 Å². The first kappa shape index (κ1) is 19.6. The zero-order valence-electron chi connectivity index (χ0n) is 13.7. The summed E-state index contributed by atoms with van der Waals surface area (Å²) in [5.74, 6) is 0. The molecular formula is C18H22O6S. The lowest BCUT2D eigenvalue weighted by atomic mass is 10.1. The highest BCUT2D eigenvalue weighted by Gasteiger charge is 2.16. The molecule has 2 N–H and O–H groups in total. The van der Waals surface area contributed by atoms with Gasteiger partial charge in [0, 0.05) is 12.8 Å². The topological polar surface area (TPSA) is 93.1 Å². The molecule has 2 rings (SSSR count). The third-order valence-corrected chi connectivity index (χ3v) is 4.52. The summed E-state index contributed by atoms with van der Waals surface area (Å²) in [6.45, 7) is -0.390. The Balaban J connectivity index is 1.69. The molecule has 2 unspecified atom stereocenters. The Hall–Kier alpha value is -1.77. The Morgan fingerprint density at radius 2 is 1.08 bits per heavy atom. The average molecular weight is 366 g/mol. The summed E-state index contributed by atoms with van der Waals surface area (Å²) in [5, 5.41) is 19.9. The van der Waals surface area contributed by atoms with E-state index in [-0.39, 0.29) is 26.1 Å². The molecule has 2 aromatic rings. The Morgan fingerprint density at radius 1 is 0.720 bits per heavy atom. The van der Waals surface area contributed by atoms with Crippen LogP contribution in [-0.2, 0) is 18.8 Å². The van der Waals surface area contributed by atoms with Crippen molar-refractivity contribution in [3.05, 3.63) is 71.8 Å². The molecule has 0 fully saturated rings. The molecule has 7 heteroatoms. The van der Waals surface area contributed by atoms with Gasteiger partial charge in [-0.05, 0) is 11.1 Å². The molecule has 136 valence electrons. The van der Waals surface area contributed by atoms with E-state index in [2.05, 4.69) is 0 Å². The average Bonchev–Trinajstić information content (AvgIpc) is 2.62. The van der Waals surface area contributed by atoms with Gasteiger partial charge in [0.2, 0.25) is 0 Å². The van der Waals surface area contributed by atoms with Gasteiger partial charge < -0.3 is 10.2 Å². The Bertz CT molecular complexity index is 660. The van der Waals surface area contributed by atoms with Gasteiger partial charge >= 0.3 is 10.4 Å². The predicted octanol–water partition coefficient (Wildman–Crippen LogP) is 2.51. The first-order valence-corrected chi connectivity index (χ1v) is 9.31. The van der Waals surface area contributed by atoms with E-state index in [0.29, 0.717) is 11.1 Å². The third-order valence-electron chi connectivity index (χ3n) is 3.61. The van der Waals surface area contributed by atoms with Crippen LogP contribution in [0.1, 0.15) is 36.2 Å². The molecular weight excluding hydrogens is 344 g/mol. The van der Waals surface area contributed by atoms with Gasteiger partial charge in [-0.3, -0.25) is 0 Å². The number of hydrogen-bond donors (Lipinski definition) is 2. The maximum absolute atomic E-state index is 11.7. The van der Waals surface area contributed by atoms with Gasteiger partial charge in [0.25, 0.3) is 0 Å². The first-order chi connectivity index (χ1) is 12.0. The molecule has 2 atom stereocenters. The quantitative estimate of drug-likeness (QED) is 0.671. The Kier molecular flexibility index (Phi) is 7.54. The van der Waals surface area contributed by atoms with Gasteiger partial charge in [-0.15, -0.1) is 0 Å². The van der Waals surface area contributed by atoms with Crippen LogP contribution in [-0.4, -0.2) is 31.8 Å². The normalized spacial score (nSPS) is 14.2. The highest BCUT2D eigenvalue weighted by Crippen LogP contribution is 2.18. The van der Waals surface area contributed by atoms with Gasteiger partial charge in [0.15, 0.2) is 0 Å². The van der Waals surface area contributed by atoms with Crippen LogP contribution in [0, 0.1) is 0 Å². The van der Waals surface area contributed by atoms with Crippen LogP contribution < -0.4 is 0 Å². The van der Waals surface area contributed by atoms with Gasteiger partial charge in [0.1, 0.15) is 0 Å². The van der Waals surface area contributed by atoms with Crippen molar-refractivity contribution in [2.75, 3.05) is 13.2 Å². The number of aliphatic hydroxyl groups excluding tert-OH is 2. The highest BCUT2D eigenvalue weighted by atomic mass is 32.3. The first-order valence-electron chi connectivity index (χ1n) is 7.98. The summed E-state index contributed by atoms with van der Waals surface area (Å²) in [6, 6.07) is 17.8. The second kappa shape index (κ2) is 9.65. The molecule has 25 heavy (non-hydrogen) atoms. The van der Waals surface area contributed by atoms with E-state index in [0.717, 1.165) is 0 Å². The molecule has 0 spiro atoms. The van der Waals surface area contributed by atoms with Gasteiger partial charge in [-0.25, -0.2) is 8.37 Å². The molecule has 0 aliphatic rings. The van der Waals surface area contributed by atoms with Gasteiger partial charge in [-0.2, -0.15) is 8.42 Å². The van der Waals surface area contributed by atoms with Crippen molar-refractivity contribution < 1.29 is 27.0 Å². The SMILES string of the molecule is O=S(=O)(OCCC(O)c1ccccc1)OCCC(O)c1ccccc1. The minimum absolute atomic E-state index is 0.124. The predicted molar refractivity (Wildman–Crippen MR) is 92.9 cm³/mol. The number of hydrogen-bond acceptors (Lipinski definition) is 6. The summed E-state index contributed by atoms with van der Waals surface area (Å²) in [5.41, 5.74) is 1.38. The van der Waals surface area contributed by atoms with E-state index < -0.39 is 22.6 Å². The molecule has 0 bridgehead atoms. The molecule has 0 radical (unpaired) electrons. The monoisotopic (exact) mass is 366 g/mol. The number of rotatable bonds is 10. The Morgan fingerprint density at radius 3 is 1.44 bits per heavy atom. The molecule has 0 heterocycles. The molecule has 0 saturated heterocycles. The molecule has 0 amide bonds. The molecule has 2 aromatic carbocycles. The van der Waals surface area contributed by atoms with Crippen LogP contribution in [0.3, 0.4) is 0 Å². The lowest BCUT2D eigenvalue weighted by Gasteiger charge is -2.12. The maximum Gasteiger partial charge on any atom is 0.399 e. The number of aliphatic hydroxyl groups is 2. The van der Waals surface area contributed by atoms with Crippen molar-refractivity contribution in [2.24, 2.45) is 0 Å². The third kappa shape index (κ3) is 6.93. The second-order valence-electron chi connectivity index (χ2n) is 5.48. The number of benzene rings is 2. The summed E-state index contributed by atoms with van der Waals surface area (Å²) in [6.07, 6.45) is -1.37. The summed E-state index contributed by atoms with van der Waals surface area (Å²) < 4.78 is 32.8. The van der Waals surface area contributed by atoms with Crippen LogP contribution in [0.2, 0.25) is 0 Å². The highest BCUT2D eigenvalue weighted by molar-refractivity contribution is 7.81. The van der Waals surface area contributed by atoms with E-state index in [9.17, 15) is 18.6 Å². The van der Waals surface area contributed by atoms with Crippen LogP contribution in [0.5, 0.6) is 0 Å². The van der Waals surface area contributed by atoms with E-state index in [1.165, 1.54) is 0 Å². The van der Waals surface area contributed by atoms with Crippen molar-refractivity contribution in [1.82, 2.24) is 0 Å². The van der Waals surface area contributed by atoms with E-state index in [4.69, 9.17) is 8.37 Å². The summed E-state index contributed by atoms with van der Waals surface area (Å²) in [7, 11) is -4.16. The van der Waals surface area contributed by atoms with Crippen LogP contribution in [0.4, 0.5) is 0 Å².